The number of nitrogens with zero attached hydrogens (tertiary/aromatic N) is 2. The van der Waals surface area contributed by atoms with Gasteiger partial charge in [-0.15, -0.1) is 5.10 Å². The molecule has 0 aliphatic carbocycles. The van der Waals surface area contributed by atoms with Crippen LogP contribution in [0.25, 0.3) is 0 Å². The maximum Gasteiger partial charge on any atom is 0.0804 e. The molecule has 4 heteroatoms. The van der Waals surface area contributed by atoms with E-state index >= 15 is 0 Å². The lowest BCUT2D eigenvalue weighted by molar-refractivity contribution is 0.632. The third-order valence-electron chi connectivity index (χ3n) is 3.41. The SMILES string of the molecule is CCCc1cccc(C(NCC)c2snnc2CC)c1. The Balaban J connectivity index is 2.35. The van der Waals surface area contributed by atoms with Crippen LogP contribution < -0.4 is 5.32 Å². The van der Waals surface area contributed by atoms with Gasteiger partial charge in [-0.25, -0.2) is 0 Å². The van der Waals surface area contributed by atoms with E-state index in [1.807, 2.05) is 0 Å². The van der Waals surface area contributed by atoms with E-state index in [0.717, 1.165) is 25.1 Å². The van der Waals surface area contributed by atoms with Gasteiger partial charge in [-0.1, -0.05) is 55.9 Å². The van der Waals surface area contributed by atoms with Crippen molar-refractivity contribution in [3.05, 3.63) is 46.0 Å². The van der Waals surface area contributed by atoms with Crippen molar-refractivity contribution in [2.24, 2.45) is 0 Å². The number of nitrogens with one attached hydrogen (secondary N) is 1. The van der Waals surface area contributed by atoms with E-state index in [9.17, 15) is 0 Å². The molecular weight excluding hydrogens is 266 g/mol. The standard InChI is InChI=1S/C16H23N3S/c1-4-8-12-9-7-10-13(11-12)15(17-6-3)16-14(5-2)18-19-20-16/h7,9-11,15,17H,4-6,8H2,1-3H3. The molecule has 1 heterocycles. The van der Waals surface area contributed by atoms with Gasteiger partial charge in [-0.2, -0.15) is 0 Å². The summed E-state index contributed by atoms with van der Waals surface area (Å²) in [6.45, 7) is 7.43. The fraction of sp³-hybridized carbons (Fsp3) is 0.500. The summed E-state index contributed by atoms with van der Waals surface area (Å²) in [6, 6.07) is 9.10. The van der Waals surface area contributed by atoms with Crippen molar-refractivity contribution in [1.82, 2.24) is 14.9 Å². The number of hydrogen-bond donors (Lipinski definition) is 1. The normalized spacial score (nSPS) is 12.6. The summed E-state index contributed by atoms with van der Waals surface area (Å²) in [7, 11) is 0. The third-order valence-corrected chi connectivity index (χ3v) is 4.24. The molecule has 1 N–H and O–H groups in total. The van der Waals surface area contributed by atoms with E-state index in [0.29, 0.717) is 0 Å². The van der Waals surface area contributed by atoms with E-state index in [-0.39, 0.29) is 6.04 Å². The summed E-state index contributed by atoms with van der Waals surface area (Å²) in [4.78, 5) is 1.25. The van der Waals surface area contributed by atoms with E-state index in [1.165, 1.54) is 34.0 Å². The molecule has 108 valence electrons. The highest BCUT2D eigenvalue weighted by atomic mass is 32.1. The van der Waals surface area contributed by atoms with Crippen LogP contribution in [0, 0.1) is 0 Å². The third kappa shape index (κ3) is 3.44. The largest absolute Gasteiger partial charge is 0.306 e. The van der Waals surface area contributed by atoms with Gasteiger partial charge in [0.25, 0.3) is 0 Å². The number of hydrogen-bond acceptors (Lipinski definition) is 4. The van der Waals surface area contributed by atoms with Crippen molar-refractivity contribution in [3.8, 4) is 0 Å². The van der Waals surface area contributed by atoms with Crippen LogP contribution in [-0.2, 0) is 12.8 Å². The first-order chi connectivity index (χ1) is 9.80. The molecule has 1 aromatic carbocycles. The highest BCUT2D eigenvalue weighted by Gasteiger charge is 2.19. The average Bonchev–Trinajstić information content (AvgIpc) is 2.93. The molecule has 0 saturated heterocycles. The fourth-order valence-corrected chi connectivity index (χ4v) is 3.31. The first-order valence-electron chi connectivity index (χ1n) is 7.43. The summed E-state index contributed by atoms with van der Waals surface area (Å²) in [5.74, 6) is 0. The Morgan fingerprint density at radius 2 is 2.10 bits per heavy atom. The summed E-state index contributed by atoms with van der Waals surface area (Å²) >= 11 is 1.51. The zero-order chi connectivity index (χ0) is 14.4. The van der Waals surface area contributed by atoms with Gasteiger partial charge >= 0.3 is 0 Å². The smallest absolute Gasteiger partial charge is 0.0804 e. The molecule has 0 saturated carbocycles. The van der Waals surface area contributed by atoms with Crippen LogP contribution in [0.4, 0.5) is 0 Å². The minimum Gasteiger partial charge on any atom is -0.306 e. The second-order valence-corrected chi connectivity index (χ2v) is 5.71. The van der Waals surface area contributed by atoms with Crippen LogP contribution in [0.15, 0.2) is 24.3 Å². The highest BCUT2D eigenvalue weighted by Crippen LogP contribution is 2.28. The molecule has 0 fully saturated rings. The van der Waals surface area contributed by atoms with Gasteiger partial charge in [0.05, 0.1) is 16.6 Å². The monoisotopic (exact) mass is 289 g/mol. The topological polar surface area (TPSA) is 37.8 Å². The number of aromatic nitrogens is 2. The van der Waals surface area contributed by atoms with Gasteiger partial charge in [-0.3, -0.25) is 0 Å². The molecule has 2 aromatic rings. The Bertz CT molecular complexity index is 536. The van der Waals surface area contributed by atoms with Crippen LogP contribution in [0.5, 0.6) is 0 Å². The van der Waals surface area contributed by atoms with Crippen LogP contribution in [0.3, 0.4) is 0 Å². The van der Waals surface area contributed by atoms with Gasteiger partial charge in [0.1, 0.15) is 0 Å². The number of rotatable bonds is 7. The van der Waals surface area contributed by atoms with Gasteiger partial charge in [0.2, 0.25) is 0 Å². The molecule has 0 aliphatic rings. The molecule has 1 atom stereocenters. The first-order valence-corrected chi connectivity index (χ1v) is 8.20. The molecular formula is C16H23N3S. The van der Waals surface area contributed by atoms with Gasteiger partial charge < -0.3 is 5.32 Å². The predicted octanol–water partition coefficient (Wildman–Crippen LogP) is 3.75. The highest BCUT2D eigenvalue weighted by molar-refractivity contribution is 7.05. The summed E-state index contributed by atoms with van der Waals surface area (Å²) in [6.07, 6.45) is 3.24. The Kier molecular flexibility index (Phi) is 5.68. The Morgan fingerprint density at radius 1 is 1.25 bits per heavy atom. The second-order valence-electron chi connectivity index (χ2n) is 4.92. The zero-order valence-electron chi connectivity index (χ0n) is 12.5. The molecule has 2 rings (SSSR count). The molecule has 1 unspecified atom stereocenters. The number of benzene rings is 1. The lowest BCUT2D eigenvalue weighted by Gasteiger charge is -2.18. The van der Waals surface area contributed by atoms with Crippen molar-refractivity contribution in [1.29, 1.82) is 0 Å². The van der Waals surface area contributed by atoms with Crippen molar-refractivity contribution in [3.63, 3.8) is 0 Å². The van der Waals surface area contributed by atoms with Gasteiger partial charge in [0.15, 0.2) is 0 Å². The lowest BCUT2D eigenvalue weighted by Crippen LogP contribution is -2.22. The molecule has 0 radical (unpaired) electrons. The maximum atomic E-state index is 4.25. The molecule has 1 aromatic heterocycles. The minimum absolute atomic E-state index is 0.215. The predicted molar refractivity (Wildman–Crippen MR) is 85.2 cm³/mol. The average molecular weight is 289 g/mol. The quantitative estimate of drug-likeness (QED) is 0.843. The summed E-state index contributed by atoms with van der Waals surface area (Å²) < 4.78 is 4.13. The Hall–Kier alpha value is -1.26. The molecule has 0 bridgehead atoms. The molecule has 0 spiro atoms. The Labute approximate surface area is 125 Å². The van der Waals surface area contributed by atoms with Gasteiger partial charge in [0, 0.05) is 0 Å². The molecule has 20 heavy (non-hydrogen) atoms. The summed E-state index contributed by atoms with van der Waals surface area (Å²) in [5, 5.41) is 7.83. The van der Waals surface area contributed by atoms with Crippen LogP contribution in [0.1, 0.15) is 54.9 Å². The minimum atomic E-state index is 0.215. The lowest BCUT2D eigenvalue weighted by atomic mass is 9.99. The molecule has 3 nitrogen and oxygen atoms in total. The number of aryl methyl sites for hydroxylation is 2. The fourth-order valence-electron chi connectivity index (χ4n) is 2.46. The maximum absolute atomic E-state index is 4.25. The van der Waals surface area contributed by atoms with E-state index in [2.05, 4.69) is 59.9 Å². The molecule has 0 aliphatic heterocycles. The van der Waals surface area contributed by atoms with Crippen molar-refractivity contribution >= 4 is 11.5 Å². The van der Waals surface area contributed by atoms with Crippen LogP contribution in [-0.4, -0.2) is 16.1 Å². The van der Waals surface area contributed by atoms with E-state index in [4.69, 9.17) is 0 Å². The van der Waals surface area contributed by atoms with E-state index < -0.39 is 0 Å². The second kappa shape index (κ2) is 7.50. The van der Waals surface area contributed by atoms with Crippen LogP contribution >= 0.6 is 11.5 Å². The van der Waals surface area contributed by atoms with E-state index in [1.54, 1.807) is 0 Å². The van der Waals surface area contributed by atoms with Crippen LogP contribution in [0.2, 0.25) is 0 Å². The molecule has 0 amide bonds. The summed E-state index contributed by atoms with van der Waals surface area (Å²) in [5.41, 5.74) is 3.84. The Morgan fingerprint density at radius 3 is 2.80 bits per heavy atom. The van der Waals surface area contributed by atoms with Gasteiger partial charge in [-0.05, 0) is 42.0 Å². The van der Waals surface area contributed by atoms with Crippen molar-refractivity contribution in [2.75, 3.05) is 6.54 Å². The first kappa shape index (κ1) is 15.1. The van der Waals surface area contributed by atoms with Crippen molar-refractivity contribution in [2.45, 2.75) is 46.1 Å². The van der Waals surface area contributed by atoms with Crippen molar-refractivity contribution < 1.29 is 0 Å². The zero-order valence-corrected chi connectivity index (χ0v) is 13.3.